The Kier molecular flexibility index (Phi) is 10.1. The Balaban J connectivity index is 0.000000274. The number of hydrogen-bond donors (Lipinski definition) is 1. The number of aryl methyl sites for hydroxylation is 2. The molecule has 0 unspecified atom stereocenters. The summed E-state index contributed by atoms with van der Waals surface area (Å²) in [4.78, 5) is 30.9. The van der Waals surface area contributed by atoms with Crippen molar-refractivity contribution in [1.29, 1.82) is 0 Å². The molecule has 5 aromatic rings. The number of benzene rings is 3. The quantitative estimate of drug-likeness (QED) is 0.164. The number of rotatable bonds is 5. The van der Waals surface area contributed by atoms with Gasteiger partial charge in [-0.25, -0.2) is 4.98 Å². The van der Waals surface area contributed by atoms with E-state index in [2.05, 4.69) is 41.7 Å². The molecule has 8 heteroatoms. The Morgan fingerprint density at radius 3 is 2.42 bits per heavy atom. The van der Waals surface area contributed by atoms with E-state index in [0.29, 0.717) is 24.2 Å². The third kappa shape index (κ3) is 6.83. The van der Waals surface area contributed by atoms with Crippen LogP contribution in [0.4, 0.5) is 5.69 Å². The third-order valence-electron chi connectivity index (χ3n) is 7.23. The number of phenols is 1. The number of imidazole rings is 1. The summed E-state index contributed by atoms with van der Waals surface area (Å²) in [6.07, 6.45) is 6.67. The van der Waals surface area contributed by atoms with E-state index in [0.717, 1.165) is 34.5 Å². The number of ketones is 1. The van der Waals surface area contributed by atoms with Crippen molar-refractivity contribution in [2.45, 2.75) is 53.6 Å². The fraction of sp³-hybridized carbons (Fsp3) is 0.286. The van der Waals surface area contributed by atoms with Crippen molar-refractivity contribution < 1.29 is 19.4 Å². The first-order chi connectivity index (χ1) is 20.7. The number of anilines is 1. The predicted molar refractivity (Wildman–Crippen MR) is 174 cm³/mol. The number of amides is 1. The van der Waals surface area contributed by atoms with Gasteiger partial charge in [0.05, 0.1) is 11.8 Å². The highest BCUT2D eigenvalue weighted by Crippen LogP contribution is 2.42. The average Bonchev–Trinajstić information content (AvgIpc) is 3.62. The molecule has 0 saturated carbocycles. The largest absolute Gasteiger partial charge is 0.508 e. The lowest BCUT2D eigenvalue weighted by Gasteiger charge is -2.20. The summed E-state index contributed by atoms with van der Waals surface area (Å²) in [7, 11) is 0. The number of fused-ring (bicyclic) bond motifs is 4. The minimum Gasteiger partial charge on any atom is -0.508 e. The van der Waals surface area contributed by atoms with Gasteiger partial charge in [0, 0.05) is 48.8 Å². The number of alkyl halides is 1. The summed E-state index contributed by atoms with van der Waals surface area (Å²) < 4.78 is 8.06. The molecule has 0 radical (unpaired) electrons. The second kappa shape index (κ2) is 13.7. The summed E-state index contributed by atoms with van der Waals surface area (Å²) >= 11 is 4.64. The maximum Gasteiger partial charge on any atom is 0.278 e. The van der Waals surface area contributed by atoms with E-state index >= 15 is 0 Å². The second-order valence-electron chi connectivity index (χ2n) is 10.7. The van der Waals surface area contributed by atoms with Gasteiger partial charge < -0.3 is 19.1 Å². The van der Waals surface area contributed by atoms with Crippen LogP contribution in [0.3, 0.4) is 0 Å². The fourth-order valence-corrected chi connectivity index (χ4v) is 5.29. The molecule has 0 saturated heterocycles. The van der Waals surface area contributed by atoms with Gasteiger partial charge in [0.15, 0.2) is 5.78 Å². The average molecular weight is 600 g/mol. The Bertz CT molecular complexity index is 1760. The van der Waals surface area contributed by atoms with Crippen LogP contribution in [0, 0.1) is 13.8 Å². The number of pyridine rings is 1. The van der Waals surface area contributed by atoms with Crippen molar-refractivity contribution in [2.24, 2.45) is 0 Å². The molecular formula is C35H38ClN3O4. The minimum atomic E-state index is -0.0708. The number of ether oxygens (including phenoxy) is 1. The first-order valence-corrected chi connectivity index (χ1v) is 15.1. The fourth-order valence-electron chi connectivity index (χ4n) is 5.29. The van der Waals surface area contributed by atoms with Crippen LogP contribution in [0.25, 0.3) is 16.4 Å². The number of aromatic hydroxyl groups is 1. The van der Waals surface area contributed by atoms with E-state index in [-0.39, 0.29) is 23.5 Å². The number of carbonyl (C=O) groups is 2. The molecule has 2 aromatic heterocycles. The molecule has 3 aromatic carbocycles. The van der Waals surface area contributed by atoms with E-state index in [9.17, 15) is 9.59 Å². The van der Waals surface area contributed by atoms with Gasteiger partial charge in [-0.3, -0.25) is 9.59 Å². The van der Waals surface area contributed by atoms with Gasteiger partial charge in [0.2, 0.25) is 0 Å². The van der Waals surface area contributed by atoms with E-state index in [1.807, 2.05) is 67.6 Å². The van der Waals surface area contributed by atoms with Crippen molar-refractivity contribution >= 4 is 45.4 Å². The van der Waals surface area contributed by atoms with Crippen molar-refractivity contribution in [3.63, 3.8) is 0 Å². The van der Waals surface area contributed by atoms with Gasteiger partial charge in [-0.2, -0.15) is 0 Å². The zero-order valence-electron chi connectivity index (χ0n) is 25.5. The molecule has 43 heavy (non-hydrogen) atoms. The summed E-state index contributed by atoms with van der Waals surface area (Å²) in [5.74, 6) is 1.05. The maximum absolute atomic E-state index is 13.4. The molecule has 0 spiro atoms. The Hall–Kier alpha value is -4.36. The number of carbonyl (C=O) groups excluding carboxylic acids is 2. The molecule has 3 heterocycles. The molecule has 0 bridgehead atoms. The number of Topliss-reactive ketones (excluding diaryl/α,β-unsaturated/α-hetero) is 1. The highest BCUT2D eigenvalue weighted by atomic mass is 35.5. The Morgan fingerprint density at radius 2 is 1.74 bits per heavy atom. The lowest BCUT2D eigenvalue weighted by Crippen LogP contribution is -2.29. The summed E-state index contributed by atoms with van der Waals surface area (Å²) in [5.41, 5.74) is 6.38. The number of aromatic nitrogens is 2. The first-order valence-electron chi connectivity index (χ1n) is 14.3. The van der Waals surface area contributed by atoms with Crippen LogP contribution in [0.2, 0.25) is 0 Å². The highest BCUT2D eigenvalue weighted by molar-refractivity contribution is 6.15. The predicted octanol–water partition coefficient (Wildman–Crippen LogP) is 7.93. The van der Waals surface area contributed by atoms with Crippen molar-refractivity contribution in [3.05, 3.63) is 101 Å². The number of halogens is 1. The van der Waals surface area contributed by atoms with Crippen LogP contribution in [-0.4, -0.2) is 45.2 Å². The molecule has 0 aliphatic carbocycles. The Labute approximate surface area is 257 Å². The summed E-state index contributed by atoms with van der Waals surface area (Å²) in [6, 6.07) is 18.6. The van der Waals surface area contributed by atoms with Crippen LogP contribution >= 0.6 is 11.6 Å². The van der Waals surface area contributed by atoms with Gasteiger partial charge in [-0.1, -0.05) is 31.2 Å². The number of hydrogen-bond acceptors (Lipinski definition) is 5. The van der Waals surface area contributed by atoms with E-state index in [1.165, 1.54) is 35.0 Å². The first kappa shape index (κ1) is 31.6. The van der Waals surface area contributed by atoms with E-state index in [1.54, 1.807) is 12.1 Å². The molecule has 1 amide bonds. The maximum atomic E-state index is 13.4. The van der Waals surface area contributed by atoms with Crippen molar-refractivity contribution in [3.8, 4) is 11.5 Å². The molecule has 0 fully saturated rings. The van der Waals surface area contributed by atoms with E-state index < -0.39 is 0 Å². The van der Waals surface area contributed by atoms with Crippen LogP contribution < -0.4 is 9.64 Å². The second-order valence-corrected chi connectivity index (χ2v) is 10.7. The normalized spacial score (nSPS) is 12.0. The number of phenolic OH excluding ortho intramolecular Hbond substituents is 1. The highest BCUT2D eigenvalue weighted by Gasteiger charge is 2.30. The van der Waals surface area contributed by atoms with Gasteiger partial charge >= 0.3 is 0 Å². The standard InChI is InChI=1S/C25H25N3O2.C9H10O2.CH3Cl/c1-15(2)30-22-12-21-18(24-17(4)6-5-7-19(22)24)10-11-28(21)25(29)20-14-27-13-16(3)8-9-23(27)26-20;1-2-9(11)7-3-5-8(10)6-4-7;1-2/h5-9,12-15H,10-11H2,1-4H3;3-6,10H,2H2,1H3;1H3. The molecular weight excluding hydrogens is 562 g/mol. The topological polar surface area (TPSA) is 84.1 Å². The molecule has 7 nitrogen and oxygen atoms in total. The van der Waals surface area contributed by atoms with Crippen molar-refractivity contribution in [2.75, 3.05) is 17.8 Å². The lowest BCUT2D eigenvalue weighted by molar-refractivity contribution is 0.0978. The molecule has 6 rings (SSSR count). The van der Waals surface area contributed by atoms with Gasteiger partial charge in [0.1, 0.15) is 22.8 Å². The zero-order valence-corrected chi connectivity index (χ0v) is 26.3. The SMILES string of the molecule is CCC(=O)c1ccc(O)cc1.CCl.Cc1ccc2nc(C(=O)N3CCc4c3cc(OC(C)C)c3cccc(C)c43)cn2c1. The van der Waals surface area contributed by atoms with Gasteiger partial charge in [-0.05, 0) is 86.5 Å². The van der Waals surface area contributed by atoms with Crippen LogP contribution in [0.5, 0.6) is 11.5 Å². The molecule has 0 atom stereocenters. The van der Waals surface area contributed by atoms with Crippen LogP contribution in [0.1, 0.15) is 64.7 Å². The molecule has 1 N–H and O–H groups in total. The minimum absolute atomic E-state index is 0.0546. The van der Waals surface area contributed by atoms with E-state index in [4.69, 9.17) is 9.84 Å². The zero-order chi connectivity index (χ0) is 31.3. The monoisotopic (exact) mass is 599 g/mol. The van der Waals surface area contributed by atoms with Crippen molar-refractivity contribution in [1.82, 2.24) is 9.38 Å². The molecule has 224 valence electrons. The third-order valence-corrected chi connectivity index (χ3v) is 7.23. The summed E-state index contributed by atoms with van der Waals surface area (Å²) in [6.45, 7) is 10.7. The molecule has 1 aliphatic heterocycles. The lowest BCUT2D eigenvalue weighted by atomic mass is 9.97. The Morgan fingerprint density at radius 1 is 1.02 bits per heavy atom. The van der Waals surface area contributed by atoms with Gasteiger partial charge in [-0.15, -0.1) is 11.6 Å². The number of nitrogens with zero attached hydrogens (tertiary/aromatic N) is 3. The molecule has 1 aliphatic rings. The van der Waals surface area contributed by atoms with Gasteiger partial charge in [0.25, 0.3) is 5.91 Å². The van der Waals surface area contributed by atoms with Crippen LogP contribution in [-0.2, 0) is 6.42 Å². The van der Waals surface area contributed by atoms with Crippen LogP contribution in [0.15, 0.2) is 73.1 Å². The summed E-state index contributed by atoms with van der Waals surface area (Å²) in [5, 5.41) is 11.2. The smallest absolute Gasteiger partial charge is 0.278 e.